The van der Waals surface area contributed by atoms with E-state index in [2.05, 4.69) is 0 Å². The van der Waals surface area contributed by atoms with Gasteiger partial charge in [0.25, 0.3) is 0 Å². The second kappa shape index (κ2) is 4.27. The first-order valence-electron chi connectivity index (χ1n) is 4.70. The Morgan fingerprint density at radius 3 is 2.44 bits per heavy atom. The molecule has 6 heteroatoms. The Kier molecular flexibility index (Phi) is 3.14. The van der Waals surface area contributed by atoms with Crippen molar-refractivity contribution in [3.05, 3.63) is 35.9 Å². The fourth-order valence-corrected chi connectivity index (χ4v) is 2.85. The van der Waals surface area contributed by atoms with Crippen molar-refractivity contribution in [2.24, 2.45) is 0 Å². The summed E-state index contributed by atoms with van der Waals surface area (Å²) in [7, 11) is 0. The van der Waals surface area contributed by atoms with Crippen molar-refractivity contribution in [2.75, 3.05) is 6.54 Å². The molecule has 1 aromatic carbocycles. The monoisotopic (exact) mass is 249 g/mol. The van der Waals surface area contributed by atoms with E-state index in [1.165, 1.54) is 0 Å². The van der Waals surface area contributed by atoms with E-state index in [-0.39, 0.29) is 6.54 Å². The maximum Gasteiger partial charge on any atom is 0.461 e. The average molecular weight is 249 g/mol. The first kappa shape index (κ1) is 11.8. The summed E-state index contributed by atoms with van der Waals surface area (Å²) in [4.78, 5) is 0.359. The number of aliphatic hydroxyl groups is 1. The number of rotatable bonds is 1. The highest BCUT2D eigenvalue weighted by Crippen LogP contribution is 2.46. The highest BCUT2D eigenvalue weighted by molar-refractivity contribution is 8.00. The van der Waals surface area contributed by atoms with Gasteiger partial charge in [0.05, 0.1) is 5.37 Å². The second-order valence-electron chi connectivity index (χ2n) is 3.47. The van der Waals surface area contributed by atoms with Crippen LogP contribution in [0.5, 0.6) is 0 Å². The number of β-amino-alcohol motifs (C(OH)–C–C–N with tert-alkyl or cyclic N) is 1. The van der Waals surface area contributed by atoms with Crippen LogP contribution in [0, 0.1) is 0 Å². The van der Waals surface area contributed by atoms with E-state index in [0.717, 1.165) is 11.8 Å². The molecule has 0 radical (unpaired) electrons. The van der Waals surface area contributed by atoms with Crippen molar-refractivity contribution < 1.29 is 18.3 Å². The number of halogens is 3. The highest BCUT2D eigenvalue weighted by atomic mass is 32.2. The van der Waals surface area contributed by atoms with Crippen LogP contribution in [-0.4, -0.2) is 28.3 Å². The Morgan fingerprint density at radius 2 is 1.88 bits per heavy atom. The lowest BCUT2D eigenvalue weighted by atomic mass is 10.2. The Balaban J connectivity index is 2.26. The van der Waals surface area contributed by atoms with Gasteiger partial charge in [-0.3, -0.25) is 0 Å². The van der Waals surface area contributed by atoms with Crippen LogP contribution >= 0.6 is 11.8 Å². The van der Waals surface area contributed by atoms with Gasteiger partial charge in [0.2, 0.25) is 0 Å². The largest absolute Gasteiger partial charge is 0.461 e. The minimum absolute atomic E-state index is 0.359. The summed E-state index contributed by atoms with van der Waals surface area (Å²) in [5, 5.41) is 8.47. The molecule has 0 aliphatic carbocycles. The van der Waals surface area contributed by atoms with Crippen LogP contribution in [0.4, 0.5) is 13.2 Å². The van der Waals surface area contributed by atoms with E-state index in [1.54, 1.807) is 30.3 Å². The molecular formula is C10H10F3NOS. The van der Waals surface area contributed by atoms with Crippen molar-refractivity contribution >= 4 is 11.8 Å². The number of hydrogen-bond donors (Lipinski definition) is 1. The first-order valence-corrected chi connectivity index (χ1v) is 5.64. The molecule has 16 heavy (non-hydrogen) atoms. The van der Waals surface area contributed by atoms with Crippen LogP contribution in [0.25, 0.3) is 0 Å². The van der Waals surface area contributed by atoms with Crippen molar-refractivity contribution in [3.63, 3.8) is 0 Å². The van der Waals surface area contributed by atoms with Crippen LogP contribution in [0.1, 0.15) is 10.9 Å². The molecule has 1 fully saturated rings. The standard InChI is InChI=1S/C10H10F3NOS/c11-10(12,13)14-6-8(15)16-9(14)7-4-2-1-3-5-7/h1-5,8-9,15H,6H2. The van der Waals surface area contributed by atoms with E-state index in [4.69, 9.17) is 0 Å². The van der Waals surface area contributed by atoms with Gasteiger partial charge in [-0.2, -0.15) is 18.1 Å². The van der Waals surface area contributed by atoms with Crippen LogP contribution in [-0.2, 0) is 0 Å². The summed E-state index contributed by atoms with van der Waals surface area (Å²) < 4.78 is 38.0. The van der Waals surface area contributed by atoms with Gasteiger partial charge in [-0.15, -0.1) is 11.8 Å². The van der Waals surface area contributed by atoms with E-state index in [9.17, 15) is 18.3 Å². The fourth-order valence-electron chi connectivity index (χ4n) is 1.64. The van der Waals surface area contributed by atoms with Gasteiger partial charge in [0, 0.05) is 6.54 Å². The van der Waals surface area contributed by atoms with Gasteiger partial charge in [0.1, 0.15) is 5.44 Å². The number of nitrogens with zero attached hydrogens (tertiary/aromatic N) is 1. The Hall–Kier alpha value is -0.720. The molecule has 88 valence electrons. The molecule has 1 aliphatic heterocycles. The first-order chi connectivity index (χ1) is 7.48. The minimum atomic E-state index is -4.41. The average Bonchev–Trinajstić information content (AvgIpc) is 2.61. The SMILES string of the molecule is OC1CN(C(F)(F)F)C(c2ccccc2)S1. The molecule has 0 spiro atoms. The molecule has 1 aromatic rings. The topological polar surface area (TPSA) is 23.5 Å². The van der Waals surface area contributed by atoms with Gasteiger partial charge >= 0.3 is 6.30 Å². The normalized spacial score (nSPS) is 27.2. The van der Waals surface area contributed by atoms with Crippen LogP contribution < -0.4 is 0 Å². The van der Waals surface area contributed by atoms with Gasteiger partial charge in [-0.25, -0.2) is 0 Å². The third-order valence-electron chi connectivity index (χ3n) is 2.33. The van der Waals surface area contributed by atoms with Gasteiger partial charge in [-0.1, -0.05) is 30.3 Å². The quantitative estimate of drug-likeness (QED) is 0.774. The zero-order valence-electron chi connectivity index (χ0n) is 8.19. The molecule has 2 nitrogen and oxygen atoms in total. The molecule has 0 bridgehead atoms. The van der Waals surface area contributed by atoms with Crippen molar-refractivity contribution in [3.8, 4) is 0 Å². The summed E-state index contributed by atoms with van der Waals surface area (Å²) in [6.45, 7) is -0.381. The Bertz CT molecular complexity index is 357. The minimum Gasteiger partial charge on any atom is -0.381 e. The van der Waals surface area contributed by atoms with Crippen molar-refractivity contribution in [1.29, 1.82) is 0 Å². The summed E-state index contributed by atoms with van der Waals surface area (Å²) in [6.07, 6.45) is -4.41. The summed E-state index contributed by atoms with van der Waals surface area (Å²) >= 11 is 0.915. The molecule has 0 aromatic heterocycles. The number of benzene rings is 1. The lowest BCUT2D eigenvalue weighted by Crippen LogP contribution is -2.38. The third kappa shape index (κ3) is 2.34. The molecule has 0 amide bonds. The molecule has 1 N–H and O–H groups in total. The number of aliphatic hydroxyl groups excluding tert-OH is 1. The molecule has 1 saturated heterocycles. The highest BCUT2D eigenvalue weighted by Gasteiger charge is 2.48. The second-order valence-corrected chi connectivity index (χ2v) is 4.74. The Labute approximate surface area is 95.1 Å². The fraction of sp³-hybridized carbons (Fsp3) is 0.400. The molecule has 2 atom stereocenters. The lowest BCUT2D eigenvalue weighted by Gasteiger charge is -2.25. The zero-order valence-corrected chi connectivity index (χ0v) is 9.00. The smallest absolute Gasteiger partial charge is 0.381 e. The van der Waals surface area contributed by atoms with E-state index in [0.29, 0.717) is 10.5 Å². The van der Waals surface area contributed by atoms with Crippen LogP contribution in [0.3, 0.4) is 0 Å². The lowest BCUT2D eigenvalue weighted by molar-refractivity contribution is -0.249. The molecule has 0 saturated carbocycles. The number of thioether (sulfide) groups is 1. The molecule has 1 heterocycles. The summed E-state index contributed by atoms with van der Waals surface area (Å²) in [6, 6.07) is 8.39. The van der Waals surface area contributed by atoms with Crippen LogP contribution in [0.15, 0.2) is 30.3 Å². The number of alkyl halides is 3. The maximum absolute atomic E-state index is 12.7. The van der Waals surface area contributed by atoms with Crippen molar-refractivity contribution in [2.45, 2.75) is 17.1 Å². The van der Waals surface area contributed by atoms with Gasteiger partial charge < -0.3 is 5.11 Å². The summed E-state index contributed by atoms with van der Waals surface area (Å²) in [5.74, 6) is 0. The summed E-state index contributed by atoms with van der Waals surface area (Å²) in [5.41, 5.74) is -0.437. The van der Waals surface area contributed by atoms with E-state index >= 15 is 0 Å². The van der Waals surface area contributed by atoms with Gasteiger partial charge in [-0.05, 0) is 5.56 Å². The van der Waals surface area contributed by atoms with Crippen molar-refractivity contribution in [1.82, 2.24) is 4.90 Å². The predicted octanol–water partition coefficient (Wildman–Crippen LogP) is 2.57. The molecule has 1 aliphatic rings. The van der Waals surface area contributed by atoms with E-state index in [1.807, 2.05) is 0 Å². The van der Waals surface area contributed by atoms with Crippen LogP contribution in [0.2, 0.25) is 0 Å². The maximum atomic E-state index is 12.7. The number of hydrogen-bond acceptors (Lipinski definition) is 3. The third-order valence-corrected chi connectivity index (χ3v) is 3.58. The molecule has 2 rings (SSSR count). The zero-order chi connectivity index (χ0) is 11.8. The predicted molar refractivity (Wildman–Crippen MR) is 55.5 cm³/mol. The molecular weight excluding hydrogens is 239 g/mol. The Morgan fingerprint density at radius 1 is 1.25 bits per heavy atom. The van der Waals surface area contributed by atoms with Gasteiger partial charge in [0.15, 0.2) is 0 Å². The molecule has 2 unspecified atom stereocenters. The van der Waals surface area contributed by atoms with E-state index < -0.39 is 17.1 Å².